The summed E-state index contributed by atoms with van der Waals surface area (Å²) in [6.07, 6.45) is 3.65. The summed E-state index contributed by atoms with van der Waals surface area (Å²) in [5, 5.41) is 8.98. The van der Waals surface area contributed by atoms with Crippen molar-refractivity contribution in [1.29, 1.82) is 0 Å². The van der Waals surface area contributed by atoms with Crippen LogP contribution in [0.15, 0.2) is 72.8 Å². The second-order valence-electron chi connectivity index (χ2n) is 9.83. The Morgan fingerprint density at radius 2 is 1.78 bits per heavy atom. The van der Waals surface area contributed by atoms with Gasteiger partial charge in [-0.05, 0) is 100 Å². The quantitative estimate of drug-likeness (QED) is 0.339. The minimum Gasteiger partial charge on any atom is -0.489 e. The average Bonchev–Trinajstić information content (AvgIpc) is 3.22. The number of aryl methyl sites for hydroxylation is 2. The Hall–Kier alpha value is -3.64. The van der Waals surface area contributed by atoms with Crippen LogP contribution < -0.4 is 10.1 Å². The second-order valence-corrected chi connectivity index (χ2v) is 9.83. The number of hydrogen-bond acceptors (Lipinski definition) is 4. The van der Waals surface area contributed by atoms with E-state index in [0.29, 0.717) is 12.2 Å². The maximum atomic E-state index is 12.9. The molecule has 36 heavy (non-hydrogen) atoms. The van der Waals surface area contributed by atoms with Gasteiger partial charge in [-0.3, -0.25) is 9.48 Å². The van der Waals surface area contributed by atoms with Crippen molar-refractivity contribution in [3.05, 3.63) is 89.6 Å². The van der Waals surface area contributed by atoms with Gasteiger partial charge in [-0.25, -0.2) is 0 Å². The molecule has 5 rings (SSSR count). The van der Waals surface area contributed by atoms with Crippen molar-refractivity contribution in [3.63, 3.8) is 0 Å². The number of anilines is 1. The van der Waals surface area contributed by atoms with Gasteiger partial charge >= 0.3 is 0 Å². The number of likely N-dealkylation sites (tertiary alicyclic amines) is 1. The standard InChI is InChI=1S/C30H34N4O2/c1-22-28-13-10-26(20-29(28)34(32-22)19-16-23-14-17-33(2)18-15-23)31-30(35)25-8-11-27(12-9-25)36-21-24-6-4-3-5-7-24/h3-13,20,23H,14-19,21H2,1-2H3,(H,31,35). The fourth-order valence-electron chi connectivity index (χ4n) is 4.89. The van der Waals surface area contributed by atoms with E-state index < -0.39 is 0 Å². The van der Waals surface area contributed by atoms with E-state index in [0.717, 1.165) is 52.5 Å². The highest BCUT2D eigenvalue weighted by Crippen LogP contribution is 2.26. The summed E-state index contributed by atoms with van der Waals surface area (Å²) in [6.45, 7) is 5.81. The molecule has 0 aliphatic carbocycles. The molecule has 186 valence electrons. The van der Waals surface area contributed by atoms with Crippen LogP contribution in [-0.4, -0.2) is 40.7 Å². The zero-order valence-corrected chi connectivity index (χ0v) is 21.1. The van der Waals surface area contributed by atoms with E-state index in [1.165, 1.54) is 25.9 Å². The lowest BCUT2D eigenvalue weighted by Gasteiger charge is -2.28. The van der Waals surface area contributed by atoms with Gasteiger partial charge in [0.15, 0.2) is 0 Å². The summed E-state index contributed by atoms with van der Waals surface area (Å²) in [5.41, 5.74) is 4.57. The molecule has 0 saturated carbocycles. The third-order valence-corrected chi connectivity index (χ3v) is 7.15. The molecule has 1 amide bonds. The van der Waals surface area contributed by atoms with E-state index in [4.69, 9.17) is 9.84 Å². The maximum absolute atomic E-state index is 12.9. The van der Waals surface area contributed by atoms with E-state index in [9.17, 15) is 4.79 Å². The smallest absolute Gasteiger partial charge is 0.255 e. The molecule has 0 unspecified atom stereocenters. The van der Waals surface area contributed by atoms with Crippen molar-refractivity contribution < 1.29 is 9.53 Å². The minimum absolute atomic E-state index is 0.141. The van der Waals surface area contributed by atoms with Gasteiger partial charge in [-0.1, -0.05) is 30.3 Å². The number of nitrogens with zero attached hydrogens (tertiary/aromatic N) is 3. The zero-order valence-electron chi connectivity index (χ0n) is 21.1. The normalized spacial score (nSPS) is 14.7. The Bertz CT molecular complexity index is 1310. The number of rotatable bonds is 8. The monoisotopic (exact) mass is 482 g/mol. The van der Waals surface area contributed by atoms with Crippen LogP contribution in [0, 0.1) is 12.8 Å². The molecule has 1 aromatic heterocycles. The van der Waals surface area contributed by atoms with Crippen LogP contribution in [0.4, 0.5) is 5.69 Å². The van der Waals surface area contributed by atoms with Crippen LogP contribution in [0.3, 0.4) is 0 Å². The predicted molar refractivity (Wildman–Crippen MR) is 144 cm³/mol. The Balaban J connectivity index is 1.22. The van der Waals surface area contributed by atoms with E-state index in [1.807, 2.05) is 61.5 Å². The molecule has 1 aliphatic heterocycles. The summed E-state index contributed by atoms with van der Waals surface area (Å²) in [7, 11) is 2.20. The topological polar surface area (TPSA) is 59.4 Å². The van der Waals surface area contributed by atoms with Crippen LogP contribution in [0.5, 0.6) is 5.75 Å². The lowest BCUT2D eigenvalue weighted by molar-refractivity contribution is 0.102. The highest BCUT2D eigenvalue weighted by molar-refractivity contribution is 6.05. The molecule has 1 N–H and O–H groups in total. The predicted octanol–water partition coefficient (Wildman–Crippen LogP) is 5.91. The third kappa shape index (κ3) is 5.77. The number of benzene rings is 3. The fraction of sp³-hybridized carbons (Fsp3) is 0.333. The number of hydrogen-bond donors (Lipinski definition) is 1. The minimum atomic E-state index is -0.141. The van der Waals surface area contributed by atoms with Crippen molar-refractivity contribution in [2.24, 2.45) is 5.92 Å². The molecule has 0 atom stereocenters. The number of aromatic nitrogens is 2. The summed E-state index contributed by atoms with van der Waals surface area (Å²) < 4.78 is 7.95. The Kier molecular flexibility index (Phi) is 7.33. The Morgan fingerprint density at radius 1 is 1.03 bits per heavy atom. The lowest BCUT2D eigenvalue weighted by atomic mass is 9.94. The van der Waals surface area contributed by atoms with Crippen LogP contribution in [-0.2, 0) is 13.2 Å². The van der Waals surface area contributed by atoms with Gasteiger partial charge in [-0.2, -0.15) is 5.10 Å². The first-order valence-electron chi connectivity index (χ1n) is 12.8. The molecule has 3 aromatic carbocycles. The first-order chi connectivity index (χ1) is 17.5. The molecule has 0 radical (unpaired) electrons. The van der Waals surface area contributed by atoms with Gasteiger partial charge in [0.25, 0.3) is 5.91 Å². The number of carbonyl (C=O) groups is 1. The Morgan fingerprint density at radius 3 is 2.53 bits per heavy atom. The highest BCUT2D eigenvalue weighted by Gasteiger charge is 2.18. The second kappa shape index (κ2) is 11.0. The van der Waals surface area contributed by atoms with E-state index in [-0.39, 0.29) is 5.91 Å². The molecule has 6 heteroatoms. The Labute approximate surface area is 212 Å². The third-order valence-electron chi connectivity index (χ3n) is 7.15. The van der Waals surface area contributed by atoms with E-state index >= 15 is 0 Å². The van der Waals surface area contributed by atoms with Gasteiger partial charge in [0.1, 0.15) is 12.4 Å². The van der Waals surface area contributed by atoms with E-state index in [1.54, 1.807) is 12.1 Å². The SMILES string of the molecule is Cc1nn(CCC2CCN(C)CC2)c2cc(NC(=O)c3ccc(OCc4ccccc4)cc3)ccc12. The molecule has 1 fully saturated rings. The first kappa shape index (κ1) is 24.1. The van der Waals surface area contributed by atoms with Crippen LogP contribution in [0.25, 0.3) is 10.9 Å². The lowest BCUT2D eigenvalue weighted by Crippen LogP contribution is -2.30. The molecule has 0 bridgehead atoms. The molecular formula is C30H34N4O2. The van der Waals surface area contributed by atoms with Crippen molar-refractivity contribution >= 4 is 22.5 Å². The number of nitrogens with one attached hydrogen (secondary N) is 1. The fourth-order valence-corrected chi connectivity index (χ4v) is 4.89. The van der Waals surface area contributed by atoms with Gasteiger partial charge in [0.05, 0.1) is 11.2 Å². The van der Waals surface area contributed by atoms with Crippen LogP contribution in [0.2, 0.25) is 0 Å². The molecular weight excluding hydrogens is 448 g/mol. The molecule has 0 spiro atoms. The van der Waals surface area contributed by atoms with Crippen LogP contribution in [0.1, 0.15) is 40.9 Å². The van der Waals surface area contributed by atoms with Crippen molar-refractivity contribution in [1.82, 2.24) is 14.7 Å². The summed E-state index contributed by atoms with van der Waals surface area (Å²) in [4.78, 5) is 15.3. The number of fused-ring (bicyclic) bond motifs is 1. The van der Waals surface area contributed by atoms with Crippen molar-refractivity contribution in [2.75, 3.05) is 25.5 Å². The molecule has 4 aromatic rings. The van der Waals surface area contributed by atoms with Gasteiger partial charge in [0, 0.05) is 23.2 Å². The van der Waals surface area contributed by atoms with E-state index in [2.05, 4.69) is 28.0 Å². The van der Waals surface area contributed by atoms with Gasteiger partial charge in [-0.15, -0.1) is 0 Å². The average molecular weight is 483 g/mol. The molecule has 6 nitrogen and oxygen atoms in total. The van der Waals surface area contributed by atoms with Crippen molar-refractivity contribution in [2.45, 2.75) is 39.3 Å². The molecule has 1 saturated heterocycles. The number of piperidine rings is 1. The highest BCUT2D eigenvalue weighted by atomic mass is 16.5. The first-order valence-corrected chi connectivity index (χ1v) is 12.8. The summed E-state index contributed by atoms with van der Waals surface area (Å²) in [6, 6.07) is 23.3. The largest absolute Gasteiger partial charge is 0.489 e. The molecule has 2 heterocycles. The van der Waals surface area contributed by atoms with Gasteiger partial charge < -0.3 is 15.0 Å². The summed E-state index contributed by atoms with van der Waals surface area (Å²) >= 11 is 0. The van der Waals surface area contributed by atoms with Crippen LogP contribution >= 0.6 is 0 Å². The number of amides is 1. The zero-order chi connectivity index (χ0) is 24.9. The maximum Gasteiger partial charge on any atom is 0.255 e. The number of ether oxygens (including phenoxy) is 1. The summed E-state index contributed by atoms with van der Waals surface area (Å²) in [5.74, 6) is 1.35. The molecule has 1 aliphatic rings. The van der Waals surface area contributed by atoms with Gasteiger partial charge in [0.2, 0.25) is 0 Å². The number of carbonyl (C=O) groups excluding carboxylic acids is 1. The van der Waals surface area contributed by atoms with Crippen molar-refractivity contribution in [3.8, 4) is 5.75 Å².